The van der Waals surface area contributed by atoms with E-state index in [1.165, 1.54) is 0 Å². The SMILES string of the molecule is CCC(C)(CC(C)(C)C(=O)Oc1cccc2c(O)cccc12)C(=O)Oc1cccc2c([O-])ccc([S+]3CCCC3)c12. The van der Waals surface area contributed by atoms with Gasteiger partial charge in [-0.2, -0.15) is 0 Å². The van der Waals surface area contributed by atoms with E-state index in [1.807, 2.05) is 19.9 Å². The van der Waals surface area contributed by atoms with Gasteiger partial charge in [0.15, 0.2) is 4.90 Å². The first-order valence-corrected chi connectivity index (χ1v) is 15.7. The lowest BCUT2D eigenvalue weighted by Crippen LogP contribution is -2.40. The van der Waals surface area contributed by atoms with Crippen LogP contribution in [-0.2, 0) is 20.5 Å². The molecule has 0 radical (unpaired) electrons. The maximum atomic E-state index is 13.8. The average Bonchev–Trinajstić information content (AvgIpc) is 3.49. The summed E-state index contributed by atoms with van der Waals surface area (Å²) < 4.78 is 11.9. The molecule has 4 aromatic carbocycles. The summed E-state index contributed by atoms with van der Waals surface area (Å²) >= 11 is 0. The highest BCUT2D eigenvalue weighted by Gasteiger charge is 2.44. The van der Waals surface area contributed by atoms with Crippen LogP contribution in [0.15, 0.2) is 71.6 Å². The number of phenolic OH excluding ortho intramolecular Hbond substituents is 1. The number of phenols is 1. The zero-order valence-electron chi connectivity index (χ0n) is 24.0. The molecule has 6 nitrogen and oxygen atoms in total. The van der Waals surface area contributed by atoms with Crippen molar-refractivity contribution in [3.63, 3.8) is 0 Å². The van der Waals surface area contributed by atoms with Gasteiger partial charge < -0.3 is 19.7 Å². The summed E-state index contributed by atoms with van der Waals surface area (Å²) in [5.74, 6) is 2.00. The number of rotatable bonds is 8. The molecule has 0 bridgehead atoms. The van der Waals surface area contributed by atoms with Gasteiger partial charge in [-0.25, -0.2) is 0 Å². The van der Waals surface area contributed by atoms with Gasteiger partial charge in [-0.3, -0.25) is 9.59 Å². The monoisotopic (exact) mass is 572 g/mol. The Morgan fingerprint density at radius 2 is 1.44 bits per heavy atom. The number of fused-ring (bicyclic) bond motifs is 2. The second-order valence-electron chi connectivity index (χ2n) is 11.7. The summed E-state index contributed by atoms with van der Waals surface area (Å²) in [6.07, 6.45) is 2.95. The molecule has 7 heteroatoms. The zero-order valence-corrected chi connectivity index (χ0v) is 24.8. The minimum atomic E-state index is -1.03. The van der Waals surface area contributed by atoms with Crippen LogP contribution >= 0.6 is 0 Å². The fourth-order valence-corrected chi connectivity index (χ4v) is 8.23. The third kappa shape index (κ3) is 5.60. The molecule has 1 heterocycles. The third-order valence-corrected chi connectivity index (χ3v) is 10.7. The first kappa shape index (κ1) is 28.8. The molecule has 1 aliphatic heterocycles. The predicted molar refractivity (Wildman–Crippen MR) is 162 cm³/mol. The van der Waals surface area contributed by atoms with Gasteiger partial charge in [0.1, 0.15) is 28.8 Å². The molecule has 4 aromatic rings. The van der Waals surface area contributed by atoms with Gasteiger partial charge in [0, 0.05) is 21.7 Å². The maximum absolute atomic E-state index is 13.8. The van der Waals surface area contributed by atoms with Gasteiger partial charge in [0.25, 0.3) is 0 Å². The van der Waals surface area contributed by atoms with Crippen LogP contribution < -0.4 is 14.6 Å². The van der Waals surface area contributed by atoms with Crippen LogP contribution in [-0.4, -0.2) is 28.6 Å². The highest BCUT2D eigenvalue weighted by Crippen LogP contribution is 2.43. The predicted octanol–water partition coefficient (Wildman–Crippen LogP) is 6.89. The first-order valence-electron chi connectivity index (χ1n) is 14.1. The number of benzene rings is 4. The summed E-state index contributed by atoms with van der Waals surface area (Å²) in [5, 5.41) is 25.5. The summed E-state index contributed by atoms with van der Waals surface area (Å²) in [7, 11) is 0.0180. The van der Waals surface area contributed by atoms with Crippen LogP contribution in [0.5, 0.6) is 23.0 Å². The molecule has 214 valence electrons. The fourth-order valence-electron chi connectivity index (χ4n) is 5.72. The molecule has 1 saturated heterocycles. The van der Waals surface area contributed by atoms with Crippen molar-refractivity contribution in [2.75, 3.05) is 11.5 Å². The van der Waals surface area contributed by atoms with E-state index in [-0.39, 0.29) is 28.8 Å². The van der Waals surface area contributed by atoms with Crippen molar-refractivity contribution in [3.05, 3.63) is 66.7 Å². The Bertz CT molecular complexity index is 1620. The second kappa shape index (κ2) is 11.3. The largest absolute Gasteiger partial charge is 0.872 e. The molecule has 0 aliphatic carbocycles. The van der Waals surface area contributed by atoms with Crippen molar-refractivity contribution in [1.82, 2.24) is 0 Å². The zero-order chi connectivity index (χ0) is 29.4. The number of esters is 2. The maximum Gasteiger partial charge on any atom is 0.317 e. The molecule has 0 saturated carbocycles. The Hall–Kier alpha value is -3.71. The Balaban J connectivity index is 1.40. The van der Waals surface area contributed by atoms with Crippen LogP contribution in [0.25, 0.3) is 21.5 Å². The molecule has 0 amide bonds. The van der Waals surface area contributed by atoms with E-state index in [2.05, 4.69) is 0 Å². The van der Waals surface area contributed by atoms with E-state index >= 15 is 0 Å². The van der Waals surface area contributed by atoms with Crippen molar-refractivity contribution in [2.24, 2.45) is 10.8 Å². The Morgan fingerprint density at radius 3 is 2.15 bits per heavy atom. The molecule has 1 fully saturated rings. The van der Waals surface area contributed by atoms with Gasteiger partial charge in [-0.15, -0.1) is 5.75 Å². The van der Waals surface area contributed by atoms with Crippen LogP contribution in [0.4, 0.5) is 0 Å². The Kier molecular flexibility index (Phi) is 7.93. The second-order valence-corrected chi connectivity index (χ2v) is 14.0. The number of ether oxygens (including phenoxy) is 2. The van der Waals surface area contributed by atoms with Crippen molar-refractivity contribution >= 4 is 44.4 Å². The summed E-state index contributed by atoms with van der Waals surface area (Å²) in [5.41, 5.74) is -2.02. The third-order valence-electron chi connectivity index (χ3n) is 8.19. The smallest absolute Gasteiger partial charge is 0.317 e. The normalized spacial score (nSPS) is 15.6. The van der Waals surface area contributed by atoms with Crippen LogP contribution in [0.1, 0.15) is 53.4 Å². The fraction of sp³-hybridized carbons (Fsp3) is 0.353. The van der Waals surface area contributed by atoms with Crippen LogP contribution in [0, 0.1) is 10.8 Å². The Labute approximate surface area is 243 Å². The van der Waals surface area contributed by atoms with Gasteiger partial charge in [0.2, 0.25) is 0 Å². The molecular formula is C34H36O6S. The quantitative estimate of drug-likeness (QED) is 0.140. The van der Waals surface area contributed by atoms with E-state index in [1.54, 1.807) is 74.5 Å². The van der Waals surface area contributed by atoms with E-state index in [0.717, 1.165) is 34.6 Å². The molecule has 0 aromatic heterocycles. The van der Waals surface area contributed by atoms with Crippen molar-refractivity contribution in [2.45, 2.75) is 58.3 Å². The number of carbonyl (C=O) groups is 2. The molecule has 1 N–H and O–H groups in total. The van der Waals surface area contributed by atoms with Crippen LogP contribution in [0.3, 0.4) is 0 Å². The van der Waals surface area contributed by atoms with Gasteiger partial charge >= 0.3 is 11.9 Å². The summed E-state index contributed by atoms with van der Waals surface area (Å²) in [6, 6.07) is 19.1. The summed E-state index contributed by atoms with van der Waals surface area (Å²) in [4.78, 5) is 28.4. The molecule has 5 rings (SSSR count). The standard InChI is InChI=1S/C34H36O6S/c1-5-34(4,21-33(2,3)31(37)39-27-15-9-11-22-23(27)12-8-14-25(22)35)32(38)40-28-16-10-13-24-26(36)17-18-29(30(24)28)41-19-6-7-20-41/h8-18H,5-7,19-21H2,1-4H3,(H-,35,36). The van der Waals surface area contributed by atoms with Crippen LogP contribution in [0.2, 0.25) is 0 Å². The molecule has 0 spiro atoms. The average molecular weight is 573 g/mol. The van der Waals surface area contributed by atoms with E-state index < -0.39 is 22.8 Å². The lowest BCUT2D eigenvalue weighted by molar-refractivity contribution is -0.265. The minimum Gasteiger partial charge on any atom is -0.872 e. The lowest BCUT2D eigenvalue weighted by atomic mass is 9.72. The number of aromatic hydroxyl groups is 1. The first-order chi connectivity index (χ1) is 19.5. The minimum absolute atomic E-state index is 0.0180. The number of carbonyl (C=O) groups excluding carboxylic acids is 2. The highest BCUT2D eigenvalue weighted by atomic mass is 32.2. The number of hydrogen-bond acceptors (Lipinski definition) is 6. The van der Waals surface area contributed by atoms with Crippen molar-refractivity contribution in [3.8, 4) is 23.0 Å². The van der Waals surface area contributed by atoms with E-state index in [0.29, 0.717) is 34.1 Å². The van der Waals surface area contributed by atoms with E-state index in [4.69, 9.17) is 9.47 Å². The topological polar surface area (TPSA) is 95.9 Å². The Morgan fingerprint density at radius 1 is 0.829 bits per heavy atom. The molecule has 1 atom stereocenters. The van der Waals surface area contributed by atoms with Gasteiger partial charge in [-0.1, -0.05) is 49.4 Å². The highest BCUT2D eigenvalue weighted by molar-refractivity contribution is 7.97. The van der Waals surface area contributed by atoms with E-state index in [9.17, 15) is 19.8 Å². The van der Waals surface area contributed by atoms with Gasteiger partial charge in [-0.05, 0) is 76.1 Å². The van der Waals surface area contributed by atoms with Crippen molar-refractivity contribution < 1.29 is 29.3 Å². The summed E-state index contributed by atoms with van der Waals surface area (Å²) in [6.45, 7) is 7.24. The molecular weight excluding hydrogens is 536 g/mol. The molecule has 1 unspecified atom stereocenters. The van der Waals surface area contributed by atoms with Gasteiger partial charge in [0.05, 0.1) is 16.2 Å². The molecule has 1 aliphatic rings. The van der Waals surface area contributed by atoms with Crippen molar-refractivity contribution in [1.29, 1.82) is 0 Å². The molecule has 41 heavy (non-hydrogen) atoms. The number of hydrogen-bond donors (Lipinski definition) is 1. The lowest BCUT2D eigenvalue weighted by Gasteiger charge is -2.33.